The molecule has 1 fully saturated rings. The Bertz CT molecular complexity index is 649. The first kappa shape index (κ1) is 11.8. The summed E-state index contributed by atoms with van der Waals surface area (Å²) in [5, 5.41) is 9.09. The number of aliphatic carboxylic acids is 1. The van der Waals surface area contributed by atoms with Crippen molar-refractivity contribution in [3.05, 3.63) is 34.9 Å². The summed E-state index contributed by atoms with van der Waals surface area (Å²) in [5.74, 6) is -0.579. The van der Waals surface area contributed by atoms with E-state index in [2.05, 4.69) is 12.2 Å². The molecule has 0 heterocycles. The highest BCUT2D eigenvalue weighted by molar-refractivity contribution is 6.28. The van der Waals surface area contributed by atoms with Crippen LogP contribution in [-0.2, 0) is 14.4 Å². The van der Waals surface area contributed by atoms with Gasteiger partial charge in [-0.15, -0.1) is 0 Å². The number of rotatable bonds is 3. The van der Waals surface area contributed by atoms with Gasteiger partial charge >= 0.3 is 5.97 Å². The molecule has 4 aliphatic carbocycles. The van der Waals surface area contributed by atoms with Crippen LogP contribution in [0.3, 0.4) is 0 Å². The van der Waals surface area contributed by atoms with Gasteiger partial charge in [0.2, 0.25) is 0 Å². The predicted molar refractivity (Wildman–Crippen MR) is 69.7 cm³/mol. The van der Waals surface area contributed by atoms with Crippen LogP contribution in [0, 0.1) is 23.7 Å². The summed E-state index contributed by atoms with van der Waals surface area (Å²) < 4.78 is 0. The minimum Gasteiger partial charge on any atom is -0.481 e. The lowest BCUT2D eigenvalue weighted by molar-refractivity contribution is -0.138. The molecule has 4 unspecified atom stereocenters. The topological polar surface area (TPSA) is 71.4 Å². The molecular formula is C16H14O4. The highest BCUT2D eigenvalue weighted by atomic mass is 16.4. The average molecular weight is 270 g/mol. The largest absolute Gasteiger partial charge is 0.481 e. The van der Waals surface area contributed by atoms with Crippen molar-refractivity contribution in [1.29, 1.82) is 0 Å². The zero-order chi connectivity index (χ0) is 14.0. The van der Waals surface area contributed by atoms with Gasteiger partial charge in [-0.1, -0.05) is 12.2 Å². The molecular weight excluding hydrogens is 256 g/mol. The summed E-state index contributed by atoms with van der Waals surface area (Å²) in [6, 6.07) is 0. The fourth-order valence-electron chi connectivity index (χ4n) is 4.17. The maximum Gasteiger partial charge on any atom is 0.303 e. The van der Waals surface area contributed by atoms with Gasteiger partial charge in [0, 0.05) is 29.6 Å². The number of fused-ring (bicyclic) bond motifs is 2. The Morgan fingerprint density at radius 2 is 1.95 bits per heavy atom. The second-order valence-electron chi connectivity index (χ2n) is 6.16. The highest BCUT2D eigenvalue weighted by Crippen LogP contribution is 2.54. The number of carboxylic acid groups (broad SMARTS) is 1. The molecule has 102 valence electrons. The van der Waals surface area contributed by atoms with Gasteiger partial charge in [0.1, 0.15) is 0 Å². The van der Waals surface area contributed by atoms with E-state index in [-0.39, 0.29) is 41.7 Å². The molecule has 4 aliphatic rings. The lowest BCUT2D eigenvalue weighted by atomic mass is 9.74. The SMILES string of the molecule is O=C(O)CC1C2C=CC(C2)C1C1=CC(=O)C2=C(C2)C1=O. The van der Waals surface area contributed by atoms with Crippen LogP contribution in [0.15, 0.2) is 34.9 Å². The van der Waals surface area contributed by atoms with E-state index in [9.17, 15) is 14.4 Å². The number of Topliss-reactive ketones (excluding diaryl/α,β-unsaturated/α-hetero) is 1. The smallest absolute Gasteiger partial charge is 0.303 e. The van der Waals surface area contributed by atoms with Gasteiger partial charge in [-0.25, -0.2) is 0 Å². The van der Waals surface area contributed by atoms with Gasteiger partial charge < -0.3 is 5.11 Å². The maximum absolute atomic E-state index is 12.4. The lowest BCUT2D eigenvalue weighted by Crippen LogP contribution is -2.28. The van der Waals surface area contributed by atoms with Crippen molar-refractivity contribution in [3.63, 3.8) is 0 Å². The quantitative estimate of drug-likeness (QED) is 0.625. The van der Waals surface area contributed by atoms with Crippen LogP contribution < -0.4 is 0 Å². The van der Waals surface area contributed by atoms with E-state index in [4.69, 9.17) is 5.11 Å². The number of ketones is 2. The molecule has 2 bridgehead atoms. The molecule has 0 amide bonds. The molecule has 1 saturated carbocycles. The van der Waals surface area contributed by atoms with E-state index in [1.807, 2.05) is 0 Å². The number of carbonyl (C=O) groups is 3. The molecule has 0 spiro atoms. The Balaban J connectivity index is 1.70. The van der Waals surface area contributed by atoms with E-state index in [1.54, 1.807) is 0 Å². The molecule has 4 atom stereocenters. The Morgan fingerprint density at radius 3 is 2.70 bits per heavy atom. The molecule has 0 saturated heterocycles. The average Bonchev–Trinajstić information content (AvgIpc) is 2.97. The van der Waals surface area contributed by atoms with Crippen LogP contribution in [0.5, 0.6) is 0 Å². The number of hydrogen-bond acceptors (Lipinski definition) is 3. The zero-order valence-corrected chi connectivity index (χ0v) is 10.8. The van der Waals surface area contributed by atoms with E-state index < -0.39 is 5.97 Å². The second kappa shape index (κ2) is 3.78. The van der Waals surface area contributed by atoms with E-state index in [0.29, 0.717) is 23.1 Å². The molecule has 0 aromatic carbocycles. The fourth-order valence-corrected chi connectivity index (χ4v) is 4.17. The van der Waals surface area contributed by atoms with Gasteiger partial charge in [-0.05, 0) is 36.2 Å². The first-order valence-electron chi connectivity index (χ1n) is 6.99. The molecule has 0 aliphatic heterocycles. The number of hydrogen-bond donors (Lipinski definition) is 1. The molecule has 4 rings (SSSR count). The van der Waals surface area contributed by atoms with Crippen molar-refractivity contribution in [2.45, 2.75) is 19.3 Å². The van der Waals surface area contributed by atoms with Crippen molar-refractivity contribution < 1.29 is 19.5 Å². The van der Waals surface area contributed by atoms with Gasteiger partial charge in [0.05, 0.1) is 0 Å². The number of carbonyl (C=O) groups excluding carboxylic acids is 2. The molecule has 4 heteroatoms. The summed E-state index contributed by atoms with van der Waals surface area (Å²) in [7, 11) is 0. The summed E-state index contributed by atoms with van der Waals surface area (Å²) >= 11 is 0. The van der Waals surface area contributed by atoms with Gasteiger partial charge in [-0.2, -0.15) is 0 Å². The van der Waals surface area contributed by atoms with Crippen LogP contribution >= 0.6 is 0 Å². The highest BCUT2D eigenvalue weighted by Gasteiger charge is 2.50. The third-order valence-corrected chi connectivity index (χ3v) is 5.10. The van der Waals surface area contributed by atoms with Crippen molar-refractivity contribution >= 4 is 17.5 Å². The van der Waals surface area contributed by atoms with E-state index in [1.165, 1.54) is 6.08 Å². The fraction of sp³-hybridized carbons (Fsp3) is 0.438. The maximum atomic E-state index is 12.4. The van der Waals surface area contributed by atoms with Crippen LogP contribution in [0.4, 0.5) is 0 Å². The molecule has 4 nitrogen and oxygen atoms in total. The van der Waals surface area contributed by atoms with Crippen LogP contribution in [0.1, 0.15) is 19.3 Å². The van der Waals surface area contributed by atoms with Crippen molar-refractivity contribution in [1.82, 2.24) is 0 Å². The first-order valence-corrected chi connectivity index (χ1v) is 6.99. The Kier molecular flexibility index (Phi) is 2.23. The molecule has 0 radical (unpaired) electrons. The van der Waals surface area contributed by atoms with E-state index >= 15 is 0 Å². The van der Waals surface area contributed by atoms with Crippen molar-refractivity contribution in [2.75, 3.05) is 0 Å². The van der Waals surface area contributed by atoms with Crippen molar-refractivity contribution in [2.24, 2.45) is 23.7 Å². The standard InChI is InChI=1S/C16H14O4/c17-13-5-12(16(20)11-4-10(11)13)15-8-2-1-7(3-8)9(15)6-14(18)19/h1-2,5,7-9,15H,3-4,6H2,(H,18,19). The third kappa shape index (κ3) is 1.51. The normalized spacial score (nSPS) is 37.3. The monoisotopic (exact) mass is 270 g/mol. The molecule has 0 aromatic rings. The van der Waals surface area contributed by atoms with Gasteiger partial charge in [0.25, 0.3) is 0 Å². The Morgan fingerprint density at radius 1 is 1.20 bits per heavy atom. The zero-order valence-electron chi connectivity index (χ0n) is 10.8. The van der Waals surface area contributed by atoms with E-state index in [0.717, 1.165) is 6.42 Å². The minimum atomic E-state index is -0.831. The van der Waals surface area contributed by atoms with Crippen LogP contribution in [0.2, 0.25) is 0 Å². The minimum absolute atomic E-state index is 0.0130. The molecule has 20 heavy (non-hydrogen) atoms. The van der Waals surface area contributed by atoms with Crippen LogP contribution in [0.25, 0.3) is 0 Å². The lowest BCUT2D eigenvalue weighted by Gasteiger charge is -2.28. The Hall–Kier alpha value is -1.97. The number of allylic oxidation sites excluding steroid dienone is 6. The molecule has 1 N–H and O–H groups in total. The predicted octanol–water partition coefficient (Wildman–Crippen LogP) is 1.68. The molecule has 0 aromatic heterocycles. The van der Waals surface area contributed by atoms with Crippen molar-refractivity contribution in [3.8, 4) is 0 Å². The van der Waals surface area contributed by atoms with Crippen LogP contribution in [-0.4, -0.2) is 22.6 Å². The van der Waals surface area contributed by atoms with Gasteiger partial charge in [0.15, 0.2) is 11.6 Å². The number of carboxylic acids is 1. The third-order valence-electron chi connectivity index (χ3n) is 5.10. The van der Waals surface area contributed by atoms with Gasteiger partial charge in [-0.3, -0.25) is 14.4 Å². The summed E-state index contributed by atoms with van der Waals surface area (Å²) in [6.45, 7) is 0. The Labute approximate surface area is 115 Å². The summed E-state index contributed by atoms with van der Waals surface area (Å²) in [6.07, 6.45) is 7.14. The first-order chi connectivity index (χ1) is 9.56. The summed E-state index contributed by atoms with van der Waals surface area (Å²) in [4.78, 5) is 35.3. The second-order valence-corrected chi connectivity index (χ2v) is 6.16. The summed E-state index contributed by atoms with van der Waals surface area (Å²) in [5.41, 5.74) is 1.88.